The van der Waals surface area contributed by atoms with Crippen LogP contribution in [0.5, 0.6) is 5.75 Å². The first-order valence-electron chi connectivity index (χ1n) is 7.45. The van der Waals surface area contributed by atoms with Crippen molar-refractivity contribution in [2.75, 3.05) is 7.11 Å². The second-order valence-corrected chi connectivity index (χ2v) is 5.74. The van der Waals surface area contributed by atoms with E-state index in [0.717, 1.165) is 12.3 Å². The summed E-state index contributed by atoms with van der Waals surface area (Å²) in [5, 5.41) is 3.60. The van der Waals surface area contributed by atoms with E-state index in [1.165, 1.54) is 27.8 Å². The lowest BCUT2D eigenvalue weighted by atomic mass is 9.96. The van der Waals surface area contributed by atoms with Gasteiger partial charge in [0.25, 0.3) is 0 Å². The van der Waals surface area contributed by atoms with Crippen LogP contribution in [-0.4, -0.2) is 7.11 Å². The molecule has 21 heavy (non-hydrogen) atoms. The number of hydrogen-bond donors (Lipinski definition) is 1. The number of rotatable bonds is 5. The summed E-state index contributed by atoms with van der Waals surface area (Å²) in [4.78, 5) is 0. The summed E-state index contributed by atoms with van der Waals surface area (Å²) < 4.78 is 5.18. The van der Waals surface area contributed by atoms with E-state index >= 15 is 0 Å². The number of benzene rings is 2. The molecule has 2 aromatic rings. The summed E-state index contributed by atoms with van der Waals surface area (Å²) in [7, 11) is 1.69. The van der Waals surface area contributed by atoms with Gasteiger partial charge in [0.2, 0.25) is 0 Å². The van der Waals surface area contributed by atoms with Crippen molar-refractivity contribution >= 4 is 0 Å². The van der Waals surface area contributed by atoms with Crippen LogP contribution in [0.1, 0.15) is 40.8 Å². The van der Waals surface area contributed by atoms with Crippen molar-refractivity contribution < 1.29 is 4.74 Å². The molecule has 1 N–H and O–H groups in total. The second-order valence-electron chi connectivity index (χ2n) is 5.74. The van der Waals surface area contributed by atoms with Crippen molar-refractivity contribution in [2.45, 2.75) is 40.3 Å². The Morgan fingerprint density at radius 3 is 2.19 bits per heavy atom. The molecule has 2 nitrogen and oxygen atoms in total. The molecule has 0 radical (unpaired) electrons. The van der Waals surface area contributed by atoms with Crippen molar-refractivity contribution in [1.29, 1.82) is 0 Å². The Morgan fingerprint density at radius 2 is 1.57 bits per heavy atom. The van der Waals surface area contributed by atoms with Gasteiger partial charge in [0.15, 0.2) is 0 Å². The molecule has 0 saturated heterocycles. The highest BCUT2D eigenvalue weighted by molar-refractivity contribution is 5.38. The normalized spacial score (nSPS) is 12.2. The molecule has 0 bridgehead atoms. The van der Waals surface area contributed by atoms with Gasteiger partial charge in [-0.25, -0.2) is 0 Å². The highest BCUT2D eigenvalue weighted by Crippen LogP contribution is 2.22. The van der Waals surface area contributed by atoms with Gasteiger partial charge in [-0.15, -0.1) is 0 Å². The predicted octanol–water partition coefficient (Wildman–Crippen LogP) is 4.47. The van der Waals surface area contributed by atoms with Crippen LogP contribution in [-0.2, 0) is 6.54 Å². The first-order chi connectivity index (χ1) is 10.0. The number of ether oxygens (including phenoxy) is 1. The van der Waals surface area contributed by atoms with Crippen molar-refractivity contribution in [3.63, 3.8) is 0 Å². The van der Waals surface area contributed by atoms with Gasteiger partial charge >= 0.3 is 0 Å². The minimum Gasteiger partial charge on any atom is -0.497 e. The van der Waals surface area contributed by atoms with Gasteiger partial charge in [0.1, 0.15) is 5.75 Å². The first-order valence-corrected chi connectivity index (χ1v) is 7.45. The van der Waals surface area contributed by atoms with Crippen LogP contribution in [0.25, 0.3) is 0 Å². The second kappa shape index (κ2) is 6.77. The molecule has 1 atom stereocenters. The molecule has 2 aromatic carbocycles. The van der Waals surface area contributed by atoms with Gasteiger partial charge in [-0.3, -0.25) is 0 Å². The van der Waals surface area contributed by atoms with Crippen LogP contribution in [0.15, 0.2) is 36.4 Å². The van der Waals surface area contributed by atoms with E-state index in [0.29, 0.717) is 6.04 Å². The van der Waals surface area contributed by atoms with Crippen LogP contribution in [0.2, 0.25) is 0 Å². The van der Waals surface area contributed by atoms with Crippen LogP contribution >= 0.6 is 0 Å². The number of nitrogens with one attached hydrogen (secondary N) is 1. The van der Waals surface area contributed by atoms with Crippen molar-refractivity contribution in [1.82, 2.24) is 5.32 Å². The molecule has 0 heterocycles. The lowest BCUT2D eigenvalue weighted by Gasteiger charge is -2.18. The van der Waals surface area contributed by atoms with Gasteiger partial charge in [0, 0.05) is 12.6 Å². The average Bonchev–Trinajstić information content (AvgIpc) is 2.49. The Hall–Kier alpha value is -1.80. The standard InChI is InChI=1S/C19H25NO/c1-13-10-15(3)19(11-14(13)2)16(4)20-12-17-6-8-18(21-5)9-7-17/h6-11,16,20H,12H2,1-5H3. The molecule has 0 aromatic heterocycles. The highest BCUT2D eigenvalue weighted by atomic mass is 16.5. The van der Waals surface area contributed by atoms with Crippen LogP contribution in [0.4, 0.5) is 0 Å². The third-order valence-electron chi connectivity index (χ3n) is 4.12. The largest absolute Gasteiger partial charge is 0.497 e. The molecule has 0 fully saturated rings. The van der Waals surface area contributed by atoms with E-state index in [4.69, 9.17) is 4.74 Å². The first kappa shape index (κ1) is 15.6. The van der Waals surface area contributed by atoms with Crippen molar-refractivity contribution in [3.05, 3.63) is 64.2 Å². The lowest BCUT2D eigenvalue weighted by molar-refractivity contribution is 0.414. The maximum absolute atomic E-state index is 5.18. The van der Waals surface area contributed by atoms with E-state index in [1.807, 2.05) is 12.1 Å². The fourth-order valence-corrected chi connectivity index (χ4v) is 2.57. The molecule has 0 aliphatic rings. The molecule has 0 spiro atoms. The van der Waals surface area contributed by atoms with Gasteiger partial charge in [-0.1, -0.05) is 24.3 Å². The summed E-state index contributed by atoms with van der Waals surface area (Å²) in [6.07, 6.45) is 0. The highest BCUT2D eigenvalue weighted by Gasteiger charge is 2.09. The SMILES string of the molecule is COc1ccc(CNC(C)c2cc(C)c(C)cc2C)cc1. The van der Waals surface area contributed by atoms with Crippen molar-refractivity contribution in [2.24, 2.45) is 0 Å². The summed E-state index contributed by atoms with van der Waals surface area (Å²) >= 11 is 0. The van der Waals surface area contributed by atoms with E-state index < -0.39 is 0 Å². The summed E-state index contributed by atoms with van der Waals surface area (Å²) in [5.74, 6) is 0.900. The van der Waals surface area contributed by atoms with E-state index in [-0.39, 0.29) is 0 Å². The van der Waals surface area contributed by atoms with Gasteiger partial charge < -0.3 is 10.1 Å². The Kier molecular flexibility index (Phi) is 5.03. The molecule has 1 unspecified atom stereocenters. The fraction of sp³-hybridized carbons (Fsp3) is 0.368. The molecule has 2 heteroatoms. The Labute approximate surface area is 128 Å². The van der Waals surface area contributed by atoms with Gasteiger partial charge in [-0.2, -0.15) is 0 Å². The maximum Gasteiger partial charge on any atom is 0.118 e. The Balaban J connectivity index is 2.04. The molecule has 0 aliphatic heterocycles. The van der Waals surface area contributed by atoms with Crippen LogP contribution in [0.3, 0.4) is 0 Å². The fourth-order valence-electron chi connectivity index (χ4n) is 2.57. The van der Waals surface area contributed by atoms with Gasteiger partial charge in [-0.05, 0) is 67.6 Å². The summed E-state index contributed by atoms with van der Waals surface area (Å²) in [6.45, 7) is 9.61. The number of hydrogen-bond acceptors (Lipinski definition) is 2. The number of aryl methyl sites for hydroxylation is 3. The van der Waals surface area contributed by atoms with Crippen LogP contribution < -0.4 is 10.1 Å². The Bertz CT molecular complexity index is 602. The quantitative estimate of drug-likeness (QED) is 0.874. The zero-order valence-corrected chi connectivity index (χ0v) is 13.7. The van der Waals surface area contributed by atoms with E-state index in [9.17, 15) is 0 Å². The molecule has 112 valence electrons. The zero-order chi connectivity index (χ0) is 15.4. The van der Waals surface area contributed by atoms with Gasteiger partial charge in [0.05, 0.1) is 7.11 Å². The molecule has 0 aliphatic carbocycles. The zero-order valence-electron chi connectivity index (χ0n) is 13.7. The van der Waals surface area contributed by atoms with E-state index in [1.54, 1.807) is 7.11 Å². The third kappa shape index (κ3) is 3.85. The minimum absolute atomic E-state index is 0.339. The molecule has 2 rings (SSSR count). The van der Waals surface area contributed by atoms with Crippen LogP contribution in [0, 0.1) is 20.8 Å². The smallest absolute Gasteiger partial charge is 0.118 e. The number of methoxy groups -OCH3 is 1. The summed E-state index contributed by atoms with van der Waals surface area (Å²) in [5.41, 5.74) is 6.72. The molecular formula is C19H25NO. The molecule has 0 amide bonds. The maximum atomic E-state index is 5.18. The minimum atomic E-state index is 0.339. The van der Waals surface area contributed by atoms with E-state index in [2.05, 4.69) is 57.3 Å². The lowest BCUT2D eigenvalue weighted by Crippen LogP contribution is -2.19. The molecular weight excluding hydrogens is 258 g/mol. The monoisotopic (exact) mass is 283 g/mol. The third-order valence-corrected chi connectivity index (χ3v) is 4.12. The van der Waals surface area contributed by atoms with Crippen molar-refractivity contribution in [3.8, 4) is 5.75 Å². The topological polar surface area (TPSA) is 21.3 Å². The average molecular weight is 283 g/mol. The molecule has 0 saturated carbocycles. The predicted molar refractivity (Wildman–Crippen MR) is 88.9 cm³/mol. The summed E-state index contributed by atoms with van der Waals surface area (Å²) in [6, 6.07) is 13.1. The Morgan fingerprint density at radius 1 is 0.952 bits per heavy atom.